The van der Waals surface area contributed by atoms with Crippen LogP contribution >= 0.6 is 0 Å². The first-order valence-electron chi connectivity index (χ1n) is 11.9. The molecular weight excluding hydrogens is 444 g/mol. The fraction of sp³-hybridized carbons (Fsp3) is 0.423. The summed E-state index contributed by atoms with van der Waals surface area (Å²) in [5.41, 5.74) is 10.2. The second-order valence-corrected chi connectivity index (χ2v) is 8.84. The minimum atomic E-state index is -0.277. The zero-order chi connectivity index (χ0) is 25.4. The molecule has 1 fully saturated rings. The van der Waals surface area contributed by atoms with Crippen LogP contribution in [0.5, 0.6) is 0 Å². The van der Waals surface area contributed by atoms with E-state index < -0.39 is 0 Å². The summed E-state index contributed by atoms with van der Waals surface area (Å²) < 4.78 is 5.50. The van der Waals surface area contributed by atoms with Crippen LogP contribution in [-0.4, -0.2) is 70.9 Å². The van der Waals surface area contributed by atoms with Crippen molar-refractivity contribution in [1.29, 1.82) is 0 Å². The van der Waals surface area contributed by atoms with Crippen LogP contribution in [-0.2, 0) is 4.74 Å². The third kappa shape index (κ3) is 7.61. The van der Waals surface area contributed by atoms with Gasteiger partial charge in [0.05, 0.1) is 31.2 Å². The maximum atomic E-state index is 12.7. The number of rotatable bonds is 9. The van der Waals surface area contributed by atoms with E-state index in [0.29, 0.717) is 36.1 Å². The van der Waals surface area contributed by atoms with Crippen molar-refractivity contribution in [2.24, 2.45) is 5.73 Å². The molecule has 0 bridgehead atoms. The number of nitrogens with two attached hydrogens (primary N) is 1. The van der Waals surface area contributed by atoms with Gasteiger partial charge in [-0.1, -0.05) is 12.1 Å². The van der Waals surface area contributed by atoms with Gasteiger partial charge in [0.25, 0.3) is 5.91 Å². The van der Waals surface area contributed by atoms with Gasteiger partial charge in [0, 0.05) is 43.3 Å². The molecule has 2 aromatic rings. The Morgan fingerprint density at radius 2 is 1.91 bits per heavy atom. The van der Waals surface area contributed by atoms with E-state index in [9.17, 15) is 9.90 Å². The number of anilines is 1. The summed E-state index contributed by atoms with van der Waals surface area (Å²) in [5.74, 6) is 0.787. The van der Waals surface area contributed by atoms with Crippen molar-refractivity contribution in [2.45, 2.75) is 39.8 Å². The number of carbonyl (C=O) groups is 1. The predicted molar refractivity (Wildman–Crippen MR) is 138 cm³/mol. The Bertz CT molecular complexity index is 1060. The Morgan fingerprint density at radius 1 is 1.23 bits per heavy atom. The van der Waals surface area contributed by atoms with Crippen molar-refractivity contribution < 1.29 is 14.6 Å². The number of allylic oxidation sites excluding steroid dienone is 2. The van der Waals surface area contributed by atoms with E-state index in [2.05, 4.69) is 38.5 Å². The summed E-state index contributed by atoms with van der Waals surface area (Å²) >= 11 is 0. The summed E-state index contributed by atoms with van der Waals surface area (Å²) in [6.07, 6.45) is 7.08. The van der Waals surface area contributed by atoms with E-state index in [-0.39, 0.29) is 24.6 Å². The number of aliphatic hydroxyl groups excluding tert-OH is 1. The number of carbonyl (C=O) groups excluding carboxylic acids is 1. The SMILES string of the molecule is Cc1ncc(C(=O)Nc2ccc(C)c(C(/C=C(\N)N[C@H](C)CO)=C/C(C)N3CCOCC3)c2)cn1. The van der Waals surface area contributed by atoms with Crippen molar-refractivity contribution >= 4 is 17.2 Å². The smallest absolute Gasteiger partial charge is 0.258 e. The standard InChI is InChI=1S/C26H36N6O3/c1-17-5-6-23(31-26(34)22-14-28-20(4)29-15-22)13-24(17)21(12-25(27)30-18(2)16-33)11-19(3)32-7-9-35-10-8-32/h5-6,11-15,18-19,30,33H,7-10,16,27H2,1-4H3,(H,31,34)/b21-11+,25-12+/t18-,19?/m1/s1. The highest BCUT2D eigenvalue weighted by Gasteiger charge is 2.17. The zero-order valence-corrected chi connectivity index (χ0v) is 20.9. The number of aliphatic hydroxyl groups is 1. The summed E-state index contributed by atoms with van der Waals surface area (Å²) in [4.78, 5) is 23.3. The molecule has 2 heterocycles. The molecule has 1 unspecified atom stereocenters. The summed E-state index contributed by atoms with van der Waals surface area (Å²) in [7, 11) is 0. The third-order valence-corrected chi connectivity index (χ3v) is 5.89. The normalized spacial score (nSPS) is 17.1. The number of morpholine rings is 1. The van der Waals surface area contributed by atoms with Gasteiger partial charge in [-0.15, -0.1) is 0 Å². The molecular formula is C26H36N6O3. The maximum absolute atomic E-state index is 12.7. The molecule has 9 heteroatoms. The number of benzene rings is 1. The molecule has 1 saturated heterocycles. The van der Waals surface area contributed by atoms with E-state index in [1.807, 2.05) is 38.1 Å². The highest BCUT2D eigenvalue weighted by atomic mass is 16.5. The largest absolute Gasteiger partial charge is 0.394 e. The molecule has 1 amide bonds. The fourth-order valence-electron chi connectivity index (χ4n) is 3.83. The molecule has 188 valence electrons. The molecule has 0 saturated carbocycles. The van der Waals surface area contributed by atoms with Gasteiger partial charge in [0.1, 0.15) is 5.82 Å². The van der Waals surface area contributed by atoms with Crippen molar-refractivity contribution in [3.8, 4) is 0 Å². The van der Waals surface area contributed by atoms with Crippen LogP contribution in [0.2, 0.25) is 0 Å². The molecule has 2 atom stereocenters. The Labute approximate surface area is 207 Å². The van der Waals surface area contributed by atoms with E-state index in [4.69, 9.17) is 10.5 Å². The predicted octanol–water partition coefficient (Wildman–Crippen LogP) is 2.22. The highest BCUT2D eigenvalue weighted by Crippen LogP contribution is 2.26. The monoisotopic (exact) mass is 480 g/mol. The highest BCUT2D eigenvalue weighted by molar-refractivity contribution is 6.04. The van der Waals surface area contributed by atoms with Crippen LogP contribution in [0.25, 0.3) is 5.57 Å². The van der Waals surface area contributed by atoms with Crippen molar-refractivity contribution in [3.05, 3.63) is 71.1 Å². The van der Waals surface area contributed by atoms with Gasteiger partial charge in [0.15, 0.2) is 0 Å². The van der Waals surface area contributed by atoms with Crippen molar-refractivity contribution in [2.75, 3.05) is 38.2 Å². The average molecular weight is 481 g/mol. The second kappa shape index (κ2) is 12.4. The molecule has 35 heavy (non-hydrogen) atoms. The number of aromatic nitrogens is 2. The quantitative estimate of drug-likeness (QED) is 0.403. The van der Waals surface area contributed by atoms with E-state index in [0.717, 1.165) is 29.8 Å². The molecule has 1 aliphatic rings. The van der Waals surface area contributed by atoms with Gasteiger partial charge in [0.2, 0.25) is 0 Å². The fourth-order valence-corrected chi connectivity index (χ4v) is 3.83. The Morgan fingerprint density at radius 3 is 2.57 bits per heavy atom. The minimum absolute atomic E-state index is 0.0267. The Balaban J connectivity index is 1.93. The van der Waals surface area contributed by atoms with Gasteiger partial charge < -0.3 is 26.2 Å². The topological polar surface area (TPSA) is 126 Å². The molecule has 0 aliphatic carbocycles. The van der Waals surface area contributed by atoms with Gasteiger partial charge in [-0.2, -0.15) is 0 Å². The lowest BCUT2D eigenvalue weighted by molar-refractivity contribution is 0.0288. The third-order valence-electron chi connectivity index (χ3n) is 5.89. The molecule has 0 radical (unpaired) electrons. The summed E-state index contributed by atoms with van der Waals surface area (Å²) in [6, 6.07) is 5.76. The van der Waals surface area contributed by atoms with Crippen LogP contribution in [0.3, 0.4) is 0 Å². The Hall–Kier alpha value is -3.27. The van der Waals surface area contributed by atoms with E-state index in [1.54, 1.807) is 6.92 Å². The van der Waals surface area contributed by atoms with Crippen LogP contribution in [0.15, 0.2) is 48.6 Å². The Kier molecular flexibility index (Phi) is 9.36. The van der Waals surface area contributed by atoms with Crippen LogP contribution in [0.1, 0.15) is 41.2 Å². The van der Waals surface area contributed by atoms with E-state index >= 15 is 0 Å². The van der Waals surface area contributed by atoms with Crippen molar-refractivity contribution in [3.63, 3.8) is 0 Å². The number of nitrogens with zero attached hydrogens (tertiary/aromatic N) is 3. The lowest BCUT2D eigenvalue weighted by atomic mass is 9.97. The molecule has 0 spiro atoms. The number of aryl methyl sites for hydroxylation is 2. The average Bonchev–Trinajstić information content (AvgIpc) is 2.85. The van der Waals surface area contributed by atoms with Gasteiger partial charge in [-0.05, 0) is 62.6 Å². The van der Waals surface area contributed by atoms with Crippen LogP contribution in [0.4, 0.5) is 5.69 Å². The first kappa shape index (κ1) is 26.3. The molecule has 5 N–H and O–H groups in total. The zero-order valence-electron chi connectivity index (χ0n) is 20.9. The van der Waals surface area contributed by atoms with Gasteiger partial charge in [-0.25, -0.2) is 9.97 Å². The molecule has 1 aromatic heterocycles. The number of nitrogens with one attached hydrogen (secondary N) is 2. The van der Waals surface area contributed by atoms with E-state index in [1.165, 1.54) is 12.4 Å². The molecule has 1 aliphatic heterocycles. The second-order valence-electron chi connectivity index (χ2n) is 8.84. The number of ether oxygens (including phenoxy) is 1. The first-order valence-corrected chi connectivity index (χ1v) is 11.9. The number of amides is 1. The minimum Gasteiger partial charge on any atom is -0.394 e. The number of hydrogen-bond acceptors (Lipinski definition) is 8. The molecule has 9 nitrogen and oxygen atoms in total. The van der Waals surface area contributed by atoms with Crippen LogP contribution < -0.4 is 16.4 Å². The lowest BCUT2D eigenvalue weighted by Crippen LogP contribution is -2.41. The van der Waals surface area contributed by atoms with Crippen molar-refractivity contribution in [1.82, 2.24) is 20.2 Å². The maximum Gasteiger partial charge on any atom is 0.258 e. The summed E-state index contributed by atoms with van der Waals surface area (Å²) in [6.45, 7) is 10.9. The first-order chi connectivity index (χ1) is 16.8. The molecule has 1 aromatic carbocycles. The van der Waals surface area contributed by atoms with Gasteiger partial charge >= 0.3 is 0 Å². The lowest BCUT2D eigenvalue weighted by Gasteiger charge is -2.31. The summed E-state index contributed by atoms with van der Waals surface area (Å²) in [5, 5.41) is 15.4. The van der Waals surface area contributed by atoms with Crippen LogP contribution in [0, 0.1) is 13.8 Å². The number of hydrogen-bond donors (Lipinski definition) is 4. The van der Waals surface area contributed by atoms with Gasteiger partial charge in [-0.3, -0.25) is 9.69 Å². The molecule has 3 rings (SSSR count).